The minimum absolute atomic E-state index is 0.335. The third-order valence-corrected chi connectivity index (χ3v) is 5.74. The fourth-order valence-electron chi connectivity index (χ4n) is 3.28. The van der Waals surface area contributed by atoms with Crippen LogP contribution in [0.4, 0.5) is 0 Å². The van der Waals surface area contributed by atoms with Crippen molar-refractivity contribution in [2.75, 3.05) is 52.3 Å². The van der Waals surface area contributed by atoms with Gasteiger partial charge >= 0.3 is 5.97 Å². The lowest BCUT2D eigenvalue weighted by atomic mass is 10.1. The van der Waals surface area contributed by atoms with E-state index in [1.807, 2.05) is 25.1 Å². The third-order valence-electron chi connectivity index (χ3n) is 4.70. The van der Waals surface area contributed by atoms with E-state index in [0.717, 1.165) is 43.9 Å². The van der Waals surface area contributed by atoms with Gasteiger partial charge in [-0.3, -0.25) is 0 Å². The number of ether oxygens (including phenoxy) is 3. The minimum atomic E-state index is -0.335. The van der Waals surface area contributed by atoms with Gasteiger partial charge in [-0.2, -0.15) is 11.8 Å². The number of methoxy groups -OCH3 is 1. The van der Waals surface area contributed by atoms with Gasteiger partial charge in [0.15, 0.2) is 0 Å². The number of carbonyl (C=O) groups excluding carboxylic acids is 1. The Morgan fingerprint density at radius 2 is 2.11 bits per heavy atom. The molecule has 2 heterocycles. The summed E-state index contributed by atoms with van der Waals surface area (Å²) in [6.07, 6.45) is 1.14. The number of rotatable bonds is 9. The van der Waals surface area contributed by atoms with Gasteiger partial charge in [0.05, 0.1) is 39.2 Å². The largest absolute Gasteiger partial charge is 0.497 e. The van der Waals surface area contributed by atoms with Crippen LogP contribution in [0.5, 0.6) is 5.75 Å². The molecule has 148 valence electrons. The molecule has 2 aromatic rings. The van der Waals surface area contributed by atoms with Crippen LogP contribution in [0.2, 0.25) is 0 Å². The highest BCUT2D eigenvalue weighted by Gasteiger charge is 2.22. The number of esters is 1. The predicted octanol–water partition coefficient (Wildman–Crippen LogP) is 2.16. The lowest BCUT2D eigenvalue weighted by molar-refractivity contribution is -0.908. The summed E-state index contributed by atoms with van der Waals surface area (Å²) in [7, 11) is 1.61. The number of carbonyl (C=O) groups is 1. The van der Waals surface area contributed by atoms with E-state index in [1.165, 1.54) is 6.54 Å². The van der Waals surface area contributed by atoms with Crippen LogP contribution < -0.4 is 9.64 Å². The van der Waals surface area contributed by atoms with Crippen molar-refractivity contribution in [2.24, 2.45) is 0 Å². The molecule has 0 atom stereocenters. The van der Waals surface area contributed by atoms with E-state index in [1.54, 1.807) is 23.8 Å². The van der Waals surface area contributed by atoms with Gasteiger partial charge in [-0.15, -0.1) is 0 Å². The molecule has 0 bridgehead atoms. The molecule has 6 nitrogen and oxygen atoms in total. The van der Waals surface area contributed by atoms with E-state index in [4.69, 9.17) is 18.6 Å². The maximum Gasteiger partial charge on any atom is 0.342 e. The fourth-order valence-corrected chi connectivity index (χ4v) is 4.16. The fraction of sp³-hybridized carbons (Fsp3) is 0.550. The molecule has 1 aromatic heterocycles. The summed E-state index contributed by atoms with van der Waals surface area (Å²) in [6, 6.07) is 5.51. The average Bonchev–Trinajstić information content (AvgIpc) is 3.06. The second-order valence-electron chi connectivity index (χ2n) is 6.50. The number of nitrogens with one attached hydrogen (secondary N) is 1. The molecule has 7 heteroatoms. The Morgan fingerprint density at radius 1 is 1.30 bits per heavy atom. The SMILES string of the molecule is CCOC(=O)c1c(CSCCC[NH+]2CCOCC2)oc2ccc(OC)cc12. The molecule has 27 heavy (non-hydrogen) atoms. The normalized spacial score (nSPS) is 15.2. The summed E-state index contributed by atoms with van der Waals surface area (Å²) >= 11 is 1.79. The lowest BCUT2D eigenvalue weighted by Crippen LogP contribution is -3.14. The molecular weight excluding hydrogens is 366 g/mol. The number of hydrogen-bond acceptors (Lipinski definition) is 6. The van der Waals surface area contributed by atoms with Crippen LogP contribution in [0, 0.1) is 0 Å². The number of morpholine rings is 1. The van der Waals surface area contributed by atoms with Gasteiger partial charge in [-0.25, -0.2) is 4.79 Å². The van der Waals surface area contributed by atoms with Crippen LogP contribution in [0.15, 0.2) is 22.6 Å². The minimum Gasteiger partial charge on any atom is -0.497 e. The topological polar surface area (TPSA) is 62.3 Å². The summed E-state index contributed by atoms with van der Waals surface area (Å²) in [5.41, 5.74) is 1.21. The molecule has 1 N–H and O–H groups in total. The van der Waals surface area contributed by atoms with Crippen LogP contribution in [0.3, 0.4) is 0 Å². The van der Waals surface area contributed by atoms with Crippen molar-refractivity contribution >= 4 is 28.7 Å². The van der Waals surface area contributed by atoms with E-state index >= 15 is 0 Å². The van der Waals surface area contributed by atoms with E-state index in [2.05, 4.69) is 0 Å². The molecule has 1 saturated heterocycles. The highest BCUT2D eigenvalue weighted by molar-refractivity contribution is 7.98. The molecule has 0 saturated carbocycles. The van der Waals surface area contributed by atoms with E-state index in [9.17, 15) is 4.79 Å². The highest BCUT2D eigenvalue weighted by Crippen LogP contribution is 2.32. The van der Waals surface area contributed by atoms with Crippen molar-refractivity contribution < 1.29 is 28.3 Å². The van der Waals surface area contributed by atoms with Crippen LogP contribution in [0.1, 0.15) is 29.5 Å². The molecular formula is C20H28NO5S+. The third kappa shape index (κ3) is 5.18. The Labute approximate surface area is 164 Å². The van der Waals surface area contributed by atoms with Crippen LogP contribution in [-0.4, -0.2) is 58.3 Å². The molecule has 1 aromatic carbocycles. The number of hydrogen-bond donors (Lipinski definition) is 1. The maximum atomic E-state index is 12.5. The van der Waals surface area contributed by atoms with Crippen molar-refractivity contribution in [1.82, 2.24) is 0 Å². The first-order valence-electron chi connectivity index (χ1n) is 9.48. The van der Waals surface area contributed by atoms with Crippen molar-refractivity contribution in [3.63, 3.8) is 0 Å². The molecule has 0 radical (unpaired) electrons. The van der Waals surface area contributed by atoms with Gasteiger partial charge < -0.3 is 23.5 Å². The Morgan fingerprint density at radius 3 is 2.85 bits per heavy atom. The zero-order valence-corrected chi connectivity index (χ0v) is 16.9. The number of quaternary nitrogens is 1. The molecule has 3 rings (SSSR count). The summed E-state index contributed by atoms with van der Waals surface area (Å²) in [5, 5.41) is 0.751. The average molecular weight is 395 g/mol. The molecule has 0 amide bonds. The van der Waals surface area contributed by atoms with Crippen LogP contribution in [-0.2, 0) is 15.2 Å². The van der Waals surface area contributed by atoms with E-state index in [-0.39, 0.29) is 5.97 Å². The Bertz CT molecular complexity index is 754. The van der Waals surface area contributed by atoms with Gasteiger partial charge in [0.25, 0.3) is 0 Å². The van der Waals surface area contributed by atoms with E-state index in [0.29, 0.717) is 35.0 Å². The zero-order chi connectivity index (χ0) is 19.1. The smallest absolute Gasteiger partial charge is 0.342 e. The van der Waals surface area contributed by atoms with E-state index < -0.39 is 0 Å². The van der Waals surface area contributed by atoms with Crippen LogP contribution in [0.25, 0.3) is 11.0 Å². The number of fused-ring (bicyclic) bond motifs is 1. The quantitative estimate of drug-likeness (QED) is 0.520. The standard InChI is InChI=1S/C20H27NO5S/c1-3-25-20(22)19-16-13-15(23-2)5-6-17(16)26-18(19)14-27-12-4-7-21-8-10-24-11-9-21/h5-6,13H,3-4,7-12,14H2,1-2H3/p+1. The Kier molecular flexibility index (Phi) is 7.43. The summed E-state index contributed by atoms with van der Waals surface area (Å²) in [4.78, 5) is 14.1. The summed E-state index contributed by atoms with van der Waals surface area (Å²) in [5.74, 6) is 2.73. The number of furan rings is 1. The van der Waals surface area contributed by atoms with Crippen molar-refractivity contribution in [3.05, 3.63) is 29.5 Å². The number of benzene rings is 1. The molecule has 1 aliphatic rings. The molecule has 0 aliphatic carbocycles. The van der Waals surface area contributed by atoms with Gasteiger partial charge in [0, 0.05) is 11.8 Å². The molecule has 1 fully saturated rings. The highest BCUT2D eigenvalue weighted by atomic mass is 32.2. The van der Waals surface area contributed by atoms with Gasteiger partial charge in [-0.1, -0.05) is 0 Å². The summed E-state index contributed by atoms with van der Waals surface area (Å²) < 4.78 is 21.9. The monoisotopic (exact) mass is 394 g/mol. The predicted molar refractivity (Wildman–Crippen MR) is 106 cm³/mol. The van der Waals surface area contributed by atoms with Gasteiger partial charge in [0.2, 0.25) is 0 Å². The second kappa shape index (κ2) is 10.0. The van der Waals surface area contributed by atoms with Crippen LogP contribution >= 0.6 is 11.8 Å². The molecule has 1 aliphatic heterocycles. The lowest BCUT2D eigenvalue weighted by Gasteiger charge is -2.23. The van der Waals surface area contributed by atoms with Crippen molar-refractivity contribution in [3.8, 4) is 5.75 Å². The zero-order valence-electron chi connectivity index (χ0n) is 16.0. The van der Waals surface area contributed by atoms with Crippen molar-refractivity contribution in [1.29, 1.82) is 0 Å². The Hall–Kier alpha value is -1.70. The number of thioether (sulfide) groups is 1. The van der Waals surface area contributed by atoms with Crippen molar-refractivity contribution in [2.45, 2.75) is 19.1 Å². The molecule has 0 spiro atoms. The first-order valence-corrected chi connectivity index (χ1v) is 10.6. The second-order valence-corrected chi connectivity index (χ2v) is 7.61. The molecule has 0 unspecified atom stereocenters. The first kappa shape index (κ1) is 20.0. The Balaban J connectivity index is 1.63. The first-order chi connectivity index (χ1) is 13.2. The maximum absolute atomic E-state index is 12.5. The van der Waals surface area contributed by atoms with Gasteiger partial charge in [-0.05, 0) is 30.9 Å². The summed E-state index contributed by atoms with van der Waals surface area (Å²) in [6.45, 7) is 7.25. The van der Waals surface area contributed by atoms with Gasteiger partial charge in [0.1, 0.15) is 35.7 Å².